The van der Waals surface area contributed by atoms with E-state index in [0.29, 0.717) is 45.2 Å². The molecule has 13 heteroatoms. The van der Waals surface area contributed by atoms with E-state index in [2.05, 4.69) is 16.0 Å². The Bertz CT molecular complexity index is 706. The van der Waals surface area contributed by atoms with Gasteiger partial charge in [0.15, 0.2) is 0 Å². The second kappa shape index (κ2) is 17.6. The van der Waals surface area contributed by atoms with E-state index < -0.39 is 60.2 Å². The number of nitrogens with two attached hydrogens (primary N) is 3. The maximum Gasteiger partial charge on any atom is 0.326 e. The van der Waals surface area contributed by atoms with Crippen LogP contribution in [0.1, 0.15) is 65.2 Å². The molecule has 3 amide bonds. The minimum Gasteiger partial charge on any atom is -0.481 e. The van der Waals surface area contributed by atoms with E-state index in [4.69, 9.17) is 22.3 Å². The molecule has 0 spiro atoms. The predicted octanol–water partition coefficient (Wildman–Crippen LogP) is -1.37. The van der Waals surface area contributed by atoms with Gasteiger partial charge in [0.2, 0.25) is 17.7 Å². The summed E-state index contributed by atoms with van der Waals surface area (Å²) in [5.74, 6) is -4.91. The van der Waals surface area contributed by atoms with Gasteiger partial charge in [0, 0.05) is 0 Å². The number of amides is 3. The van der Waals surface area contributed by atoms with Crippen molar-refractivity contribution >= 4 is 29.7 Å². The number of aliphatic carboxylic acids is 2. The number of carboxylic acid groups (broad SMARTS) is 2. The smallest absolute Gasteiger partial charge is 0.326 e. The van der Waals surface area contributed by atoms with Crippen molar-refractivity contribution in [3.8, 4) is 0 Å². The molecular weight excluding hydrogens is 460 g/mol. The fraction of sp³-hybridized carbons (Fsp3) is 0.773. The highest BCUT2D eigenvalue weighted by molar-refractivity contribution is 5.94. The molecule has 0 rings (SSSR count). The normalized spacial score (nSPS) is 15.2. The van der Waals surface area contributed by atoms with E-state index in [-0.39, 0.29) is 18.8 Å². The monoisotopic (exact) mass is 502 g/mol. The third-order valence-corrected chi connectivity index (χ3v) is 5.67. The van der Waals surface area contributed by atoms with Crippen LogP contribution < -0.4 is 33.2 Å². The summed E-state index contributed by atoms with van der Waals surface area (Å²) in [7, 11) is 0. The number of carbonyl (C=O) groups excluding carboxylic acids is 3. The molecule has 202 valence electrons. The number of unbranched alkanes of at least 4 members (excludes halogenated alkanes) is 2. The van der Waals surface area contributed by atoms with E-state index in [1.54, 1.807) is 6.92 Å². The quantitative estimate of drug-likeness (QED) is 0.0963. The number of hydrogen-bond acceptors (Lipinski definition) is 8. The summed E-state index contributed by atoms with van der Waals surface area (Å²) in [5, 5.41) is 25.9. The zero-order valence-corrected chi connectivity index (χ0v) is 20.6. The van der Waals surface area contributed by atoms with Crippen molar-refractivity contribution in [1.29, 1.82) is 0 Å². The van der Waals surface area contributed by atoms with Gasteiger partial charge in [-0.25, -0.2) is 4.79 Å². The molecule has 0 radical (unpaired) electrons. The molecule has 5 unspecified atom stereocenters. The van der Waals surface area contributed by atoms with E-state index in [0.717, 1.165) is 0 Å². The molecule has 35 heavy (non-hydrogen) atoms. The molecule has 0 heterocycles. The minimum atomic E-state index is -1.35. The molecule has 0 bridgehead atoms. The zero-order valence-electron chi connectivity index (χ0n) is 20.6. The summed E-state index contributed by atoms with van der Waals surface area (Å²) in [6.07, 6.45) is 2.49. The Morgan fingerprint density at radius 3 is 1.74 bits per heavy atom. The Labute approximate surface area is 205 Å². The van der Waals surface area contributed by atoms with Crippen molar-refractivity contribution in [3.63, 3.8) is 0 Å². The van der Waals surface area contributed by atoms with Gasteiger partial charge in [-0.3, -0.25) is 19.2 Å². The fourth-order valence-electron chi connectivity index (χ4n) is 3.29. The lowest BCUT2D eigenvalue weighted by molar-refractivity contribution is -0.143. The molecule has 11 N–H and O–H groups in total. The average Bonchev–Trinajstić information content (AvgIpc) is 2.79. The molecule has 0 aliphatic rings. The molecule has 5 atom stereocenters. The van der Waals surface area contributed by atoms with Gasteiger partial charge in [0.1, 0.15) is 18.1 Å². The van der Waals surface area contributed by atoms with Crippen molar-refractivity contribution in [2.45, 2.75) is 89.4 Å². The molecule has 0 saturated heterocycles. The highest BCUT2D eigenvalue weighted by Crippen LogP contribution is 2.11. The third-order valence-electron chi connectivity index (χ3n) is 5.67. The molecule has 0 aromatic carbocycles. The van der Waals surface area contributed by atoms with Gasteiger partial charge in [-0.15, -0.1) is 0 Å². The van der Waals surface area contributed by atoms with Crippen molar-refractivity contribution in [3.05, 3.63) is 0 Å². The van der Waals surface area contributed by atoms with Gasteiger partial charge < -0.3 is 43.4 Å². The largest absolute Gasteiger partial charge is 0.481 e. The number of carbonyl (C=O) groups is 5. The van der Waals surface area contributed by atoms with Gasteiger partial charge in [-0.05, 0) is 57.5 Å². The van der Waals surface area contributed by atoms with Crippen molar-refractivity contribution in [2.75, 3.05) is 13.1 Å². The van der Waals surface area contributed by atoms with Crippen LogP contribution in [0.4, 0.5) is 0 Å². The predicted molar refractivity (Wildman–Crippen MR) is 129 cm³/mol. The van der Waals surface area contributed by atoms with Crippen LogP contribution >= 0.6 is 0 Å². The standard InChI is InChI=1S/C22H42N6O7/c1-3-13(2)18(21(33)27-16(22(34)35)9-5-7-11-24)28-20(32)15(8-4-6-10-23)26-19(31)14(25)12-17(29)30/h13-16,18H,3-12,23-25H2,1-2H3,(H,26,31)(H,27,33)(H,28,32)(H,29,30)(H,34,35). The minimum absolute atomic E-state index is 0.193. The van der Waals surface area contributed by atoms with E-state index in [1.165, 1.54) is 0 Å². The lowest BCUT2D eigenvalue weighted by Gasteiger charge is -2.28. The molecule has 0 saturated carbocycles. The van der Waals surface area contributed by atoms with Crippen molar-refractivity contribution < 1.29 is 34.2 Å². The van der Waals surface area contributed by atoms with Crippen molar-refractivity contribution in [2.24, 2.45) is 23.1 Å². The van der Waals surface area contributed by atoms with Crippen LogP contribution in [0.25, 0.3) is 0 Å². The van der Waals surface area contributed by atoms with Crippen LogP contribution in [0.2, 0.25) is 0 Å². The highest BCUT2D eigenvalue weighted by atomic mass is 16.4. The molecule has 0 aromatic heterocycles. The van der Waals surface area contributed by atoms with E-state index >= 15 is 0 Å². The second-order valence-electron chi connectivity index (χ2n) is 8.61. The molecule has 0 fully saturated rings. The van der Waals surface area contributed by atoms with Gasteiger partial charge in [-0.1, -0.05) is 20.3 Å². The topological polar surface area (TPSA) is 240 Å². The maximum absolute atomic E-state index is 13.1. The lowest BCUT2D eigenvalue weighted by atomic mass is 9.96. The van der Waals surface area contributed by atoms with Gasteiger partial charge >= 0.3 is 11.9 Å². The van der Waals surface area contributed by atoms with Crippen LogP contribution in [0.5, 0.6) is 0 Å². The highest BCUT2D eigenvalue weighted by Gasteiger charge is 2.32. The molecule has 0 aromatic rings. The van der Waals surface area contributed by atoms with Gasteiger partial charge in [-0.2, -0.15) is 0 Å². The maximum atomic E-state index is 13.1. The van der Waals surface area contributed by atoms with Crippen LogP contribution in [-0.2, 0) is 24.0 Å². The Hall–Kier alpha value is -2.77. The van der Waals surface area contributed by atoms with Gasteiger partial charge in [0.05, 0.1) is 12.5 Å². The number of carboxylic acids is 2. The summed E-state index contributed by atoms with van der Waals surface area (Å²) >= 11 is 0. The fourth-order valence-corrected chi connectivity index (χ4v) is 3.29. The second-order valence-corrected chi connectivity index (χ2v) is 8.61. The zero-order chi connectivity index (χ0) is 27.0. The van der Waals surface area contributed by atoms with Crippen LogP contribution in [-0.4, -0.2) is 77.1 Å². The first-order valence-electron chi connectivity index (χ1n) is 12.0. The van der Waals surface area contributed by atoms with Crippen LogP contribution in [0.3, 0.4) is 0 Å². The summed E-state index contributed by atoms with van der Waals surface area (Å²) in [6.45, 7) is 4.33. The van der Waals surface area contributed by atoms with Crippen molar-refractivity contribution in [1.82, 2.24) is 16.0 Å². The molecule has 0 aliphatic heterocycles. The lowest BCUT2D eigenvalue weighted by Crippen LogP contribution is -2.58. The molecular formula is C22H42N6O7. The summed E-state index contributed by atoms with van der Waals surface area (Å²) < 4.78 is 0. The summed E-state index contributed by atoms with van der Waals surface area (Å²) in [5.41, 5.74) is 16.6. The first-order chi connectivity index (χ1) is 16.5. The first-order valence-corrected chi connectivity index (χ1v) is 12.0. The number of rotatable bonds is 19. The Kier molecular flexibility index (Phi) is 16.2. The average molecular weight is 503 g/mol. The summed E-state index contributed by atoms with van der Waals surface area (Å²) in [4.78, 5) is 60.8. The number of nitrogens with one attached hydrogen (secondary N) is 3. The first kappa shape index (κ1) is 32.2. The SMILES string of the molecule is CCC(C)C(NC(=O)C(CCCCN)NC(=O)C(N)CC(=O)O)C(=O)NC(CCCCN)C(=O)O. The third kappa shape index (κ3) is 13.0. The van der Waals surface area contributed by atoms with Crippen LogP contribution in [0.15, 0.2) is 0 Å². The van der Waals surface area contributed by atoms with E-state index in [1.807, 2.05) is 6.92 Å². The molecule has 13 nitrogen and oxygen atoms in total. The Morgan fingerprint density at radius 1 is 0.771 bits per heavy atom. The number of hydrogen-bond donors (Lipinski definition) is 8. The molecule has 0 aliphatic carbocycles. The van der Waals surface area contributed by atoms with Crippen LogP contribution in [0, 0.1) is 5.92 Å². The van der Waals surface area contributed by atoms with Gasteiger partial charge in [0.25, 0.3) is 0 Å². The van der Waals surface area contributed by atoms with E-state index in [9.17, 15) is 29.1 Å². The Morgan fingerprint density at radius 2 is 1.29 bits per heavy atom. The Balaban J connectivity index is 5.52. The summed E-state index contributed by atoms with van der Waals surface area (Å²) in [6, 6.07) is -4.61.